The average Bonchev–Trinajstić information content (AvgIpc) is 2.44. The number of hydrogen-bond donors (Lipinski definition) is 1. The first kappa shape index (κ1) is 13.4. The molecule has 0 spiro atoms. The molecule has 0 aromatic heterocycles. The molecule has 1 N–H and O–H groups in total. The van der Waals surface area contributed by atoms with Gasteiger partial charge < -0.3 is 5.11 Å². The van der Waals surface area contributed by atoms with Crippen molar-refractivity contribution in [1.82, 2.24) is 4.31 Å². The van der Waals surface area contributed by atoms with E-state index in [1.54, 1.807) is 27.7 Å². The van der Waals surface area contributed by atoms with E-state index < -0.39 is 32.7 Å². The van der Waals surface area contributed by atoms with Gasteiger partial charge in [0.05, 0.1) is 10.7 Å². The molecule has 1 rings (SSSR count). The van der Waals surface area contributed by atoms with Crippen LogP contribution in [-0.4, -0.2) is 41.1 Å². The maximum atomic E-state index is 12.2. The lowest BCUT2D eigenvalue weighted by atomic mass is 10.0. The lowest BCUT2D eigenvalue weighted by molar-refractivity contribution is -0.142. The number of carbonyl (C=O) groups is 1. The molecule has 0 amide bonds. The molecular weight excluding hydrogens is 230 g/mol. The molecule has 6 heteroatoms. The molecule has 1 aliphatic rings. The monoisotopic (exact) mass is 249 g/mol. The summed E-state index contributed by atoms with van der Waals surface area (Å²) in [5, 5.41) is 8.95. The number of hydrogen-bond acceptors (Lipinski definition) is 3. The van der Waals surface area contributed by atoms with Crippen molar-refractivity contribution >= 4 is 16.0 Å². The topological polar surface area (TPSA) is 74.7 Å². The second-order valence-electron chi connectivity index (χ2n) is 5.20. The van der Waals surface area contributed by atoms with E-state index in [-0.39, 0.29) is 0 Å². The summed E-state index contributed by atoms with van der Waals surface area (Å²) in [5.41, 5.74) is 0. The standard InChI is InChI=1S/C10H19NO4S/c1-7-8(9(12)13)5-6-11(7)16(14,15)10(2,3)4/h7-8H,5-6H2,1-4H3,(H,12,13). The fourth-order valence-corrected chi connectivity index (χ4v) is 3.57. The summed E-state index contributed by atoms with van der Waals surface area (Å²) in [6, 6.07) is -0.457. The van der Waals surface area contributed by atoms with Gasteiger partial charge in [0.1, 0.15) is 0 Å². The highest BCUT2D eigenvalue weighted by atomic mass is 32.2. The molecular formula is C10H19NO4S. The maximum Gasteiger partial charge on any atom is 0.308 e. The molecule has 2 unspecified atom stereocenters. The minimum Gasteiger partial charge on any atom is -0.481 e. The summed E-state index contributed by atoms with van der Waals surface area (Å²) in [6.07, 6.45) is 0.395. The molecule has 0 bridgehead atoms. The van der Waals surface area contributed by atoms with Crippen LogP contribution in [-0.2, 0) is 14.8 Å². The number of rotatable bonds is 2. The Morgan fingerprint density at radius 3 is 2.19 bits per heavy atom. The van der Waals surface area contributed by atoms with E-state index >= 15 is 0 Å². The molecule has 0 aromatic rings. The van der Waals surface area contributed by atoms with E-state index in [9.17, 15) is 13.2 Å². The summed E-state index contributed by atoms with van der Waals surface area (Å²) in [5.74, 6) is -1.50. The minimum absolute atomic E-state index is 0.303. The molecule has 1 aliphatic heterocycles. The van der Waals surface area contributed by atoms with Crippen LogP contribution in [0.2, 0.25) is 0 Å². The molecule has 1 saturated heterocycles. The first-order valence-electron chi connectivity index (χ1n) is 5.33. The van der Waals surface area contributed by atoms with Crippen LogP contribution in [0.4, 0.5) is 0 Å². The average molecular weight is 249 g/mol. The highest BCUT2D eigenvalue weighted by Gasteiger charge is 2.45. The zero-order chi connectivity index (χ0) is 12.7. The van der Waals surface area contributed by atoms with Gasteiger partial charge >= 0.3 is 5.97 Å². The second-order valence-corrected chi connectivity index (χ2v) is 7.85. The summed E-state index contributed by atoms with van der Waals surface area (Å²) in [6.45, 7) is 6.85. The smallest absolute Gasteiger partial charge is 0.308 e. The molecule has 0 saturated carbocycles. The van der Waals surface area contributed by atoms with E-state index in [0.29, 0.717) is 13.0 Å². The van der Waals surface area contributed by atoms with Crippen LogP contribution < -0.4 is 0 Å². The predicted molar refractivity (Wildman–Crippen MR) is 60.6 cm³/mol. The van der Waals surface area contributed by atoms with E-state index in [2.05, 4.69) is 0 Å². The zero-order valence-corrected chi connectivity index (χ0v) is 10.9. The largest absolute Gasteiger partial charge is 0.481 e. The highest BCUT2D eigenvalue weighted by Crippen LogP contribution is 2.31. The van der Waals surface area contributed by atoms with Crippen molar-refractivity contribution in [3.8, 4) is 0 Å². The summed E-state index contributed by atoms with van der Waals surface area (Å²) in [4.78, 5) is 10.9. The third kappa shape index (κ3) is 2.08. The molecule has 5 nitrogen and oxygen atoms in total. The van der Waals surface area contributed by atoms with Crippen molar-refractivity contribution < 1.29 is 18.3 Å². The Balaban J connectivity index is 2.99. The molecule has 94 valence electrons. The number of aliphatic carboxylic acids is 1. The Kier molecular flexibility index (Phi) is 3.36. The Morgan fingerprint density at radius 1 is 1.38 bits per heavy atom. The lowest BCUT2D eigenvalue weighted by Crippen LogP contribution is -2.46. The van der Waals surface area contributed by atoms with Gasteiger partial charge in [0.2, 0.25) is 10.0 Å². The van der Waals surface area contributed by atoms with Crippen LogP contribution in [0.15, 0.2) is 0 Å². The van der Waals surface area contributed by atoms with E-state index in [4.69, 9.17) is 5.11 Å². The van der Waals surface area contributed by atoms with Gasteiger partial charge in [0.25, 0.3) is 0 Å². The van der Waals surface area contributed by atoms with Crippen molar-refractivity contribution in [3.05, 3.63) is 0 Å². The van der Waals surface area contributed by atoms with Crippen molar-refractivity contribution in [2.45, 2.75) is 44.9 Å². The van der Waals surface area contributed by atoms with E-state index in [0.717, 1.165) is 0 Å². The quantitative estimate of drug-likeness (QED) is 0.789. The third-order valence-electron chi connectivity index (χ3n) is 3.10. The molecule has 0 aliphatic carbocycles. The third-order valence-corrected chi connectivity index (χ3v) is 5.78. The Bertz CT molecular complexity index is 382. The first-order chi connectivity index (χ1) is 7.09. The fourth-order valence-electron chi connectivity index (χ4n) is 1.93. The number of sulfonamides is 1. The number of carboxylic acids is 1. The Morgan fingerprint density at radius 2 is 1.88 bits per heavy atom. The van der Waals surface area contributed by atoms with Gasteiger partial charge in [-0.1, -0.05) is 0 Å². The van der Waals surface area contributed by atoms with Crippen LogP contribution in [0, 0.1) is 5.92 Å². The molecule has 1 fully saturated rings. The van der Waals surface area contributed by atoms with Gasteiger partial charge in [-0.25, -0.2) is 8.42 Å². The molecule has 0 radical (unpaired) electrons. The van der Waals surface area contributed by atoms with Crippen molar-refractivity contribution in [2.75, 3.05) is 6.54 Å². The van der Waals surface area contributed by atoms with Gasteiger partial charge in [0, 0.05) is 12.6 Å². The van der Waals surface area contributed by atoms with Gasteiger partial charge in [-0.15, -0.1) is 0 Å². The first-order valence-corrected chi connectivity index (χ1v) is 6.77. The zero-order valence-electron chi connectivity index (χ0n) is 10.1. The minimum atomic E-state index is -3.42. The SMILES string of the molecule is CC1C(C(=O)O)CCN1S(=O)(=O)C(C)(C)C. The number of nitrogens with zero attached hydrogens (tertiary/aromatic N) is 1. The van der Waals surface area contributed by atoms with E-state index in [1.807, 2.05) is 0 Å². The van der Waals surface area contributed by atoms with Gasteiger partial charge in [-0.05, 0) is 34.1 Å². The van der Waals surface area contributed by atoms with Crippen molar-refractivity contribution in [3.63, 3.8) is 0 Å². The summed E-state index contributed by atoms with van der Waals surface area (Å²) < 4.78 is 24.8. The van der Waals surface area contributed by atoms with E-state index in [1.165, 1.54) is 4.31 Å². The predicted octanol–water partition coefficient (Wildman–Crippen LogP) is 0.910. The van der Waals surface area contributed by atoms with Gasteiger partial charge in [0.15, 0.2) is 0 Å². The van der Waals surface area contributed by atoms with Crippen molar-refractivity contribution in [2.24, 2.45) is 5.92 Å². The molecule has 0 aromatic carbocycles. The number of carboxylic acid groups (broad SMARTS) is 1. The van der Waals surface area contributed by atoms with Crippen molar-refractivity contribution in [1.29, 1.82) is 0 Å². The Labute approximate surface area is 96.5 Å². The maximum absolute atomic E-state index is 12.2. The summed E-state index contributed by atoms with van der Waals surface area (Å²) >= 11 is 0. The second kappa shape index (κ2) is 4.00. The fraction of sp³-hybridized carbons (Fsp3) is 0.900. The van der Waals surface area contributed by atoms with Gasteiger partial charge in [-0.3, -0.25) is 4.79 Å². The highest BCUT2D eigenvalue weighted by molar-refractivity contribution is 7.90. The van der Waals surface area contributed by atoms with Crippen LogP contribution in [0.25, 0.3) is 0 Å². The van der Waals surface area contributed by atoms with Crippen LogP contribution in [0.5, 0.6) is 0 Å². The molecule has 2 atom stereocenters. The normalized spacial score (nSPS) is 28.2. The molecule has 1 heterocycles. The van der Waals surface area contributed by atoms with Gasteiger partial charge in [-0.2, -0.15) is 4.31 Å². The van der Waals surface area contributed by atoms with Crippen LogP contribution >= 0.6 is 0 Å². The van der Waals surface area contributed by atoms with Crippen LogP contribution in [0.3, 0.4) is 0 Å². The van der Waals surface area contributed by atoms with Crippen LogP contribution in [0.1, 0.15) is 34.1 Å². The Hall–Kier alpha value is -0.620. The molecule has 16 heavy (non-hydrogen) atoms. The summed E-state index contributed by atoms with van der Waals surface area (Å²) in [7, 11) is -3.42. The lowest BCUT2D eigenvalue weighted by Gasteiger charge is -2.30.